The summed E-state index contributed by atoms with van der Waals surface area (Å²) in [5, 5.41) is 9.13. The first-order chi connectivity index (χ1) is 13.4. The summed E-state index contributed by atoms with van der Waals surface area (Å²) in [5.41, 5.74) is 0.657. The van der Waals surface area contributed by atoms with Crippen LogP contribution in [0, 0.1) is 12.8 Å². The molecule has 28 heavy (non-hydrogen) atoms. The van der Waals surface area contributed by atoms with Crippen molar-refractivity contribution in [1.82, 2.24) is 9.29 Å². The molecule has 8 nitrogen and oxygen atoms in total. The van der Waals surface area contributed by atoms with Crippen LogP contribution in [0.3, 0.4) is 0 Å². The summed E-state index contributed by atoms with van der Waals surface area (Å²) in [6.45, 7) is 2.18. The molecule has 2 heterocycles. The summed E-state index contributed by atoms with van der Waals surface area (Å²) in [6, 6.07) is 2.32. The third-order valence-corrected chi connectivity index (χ3v) is 7.46. The van der Waals surface area contributed by atoms with Crippen molar-refractivity contribution in [3.05, 3.63) is 17.8 Å². The minimum atomic E-state index is -3.95. The van der Waals surface area contributed by atoms with Gasteiger partial charge in [-0.05, 0) is 63.5 Å². The van der Waals surface area contributed by atoms with Crippen molar-refractivity contribution in [2.75, 3.05) is 20.3 Å². The zero-order chi connectivity index (χ0) is 20.3. The number of nitrogens with zero attached hydrogens (tertiary/aromatic N) is 2. The second kappa shape index (κ2) is 8.75. The maximum atomic E-state index is 13.3. The number of hydrogen-bond donors (Lipinski definition) is 1. The molecule has 1 N–H and O–H groups in total. The maximum absolute atomic E-state index is 13.3. The fourth-order valence-electron chi connectivity index (χ4n) is 4.07. The highest BCUT2D eigenvalue weighted by Crippen LogP contribution is 2.35. The molecule has 2 aliphatic rings. The quantitative estimate of drug-likeness (QED) is 0.679. The predicted molar refractivity (Wildman–Crippen MR) is 101 cm³/mol. The molecule has 1 aromatic heterocycles. The summed E-state index contributed by atoms with van der Waals surface area (Å²) >= 11 is 0. The first-order valence-corrected chi connectivity index (χ1v) is 11.2. The van der Waals surface area contributed by atoms with Crippen LogP contribution in [0.5, 0.6) is 5.88 Å². The number of methoxy groups -OCH3 is 1. The van der Waals surface area contributed by atoms with Gasteiger partial charge < -0.3 is 14.6 Å². The van der Waals surface area contributed by atoms with E-state index in [1.165, 1.54) is 17.5 Å². The van der Waals surface area contributed by atoms with Gasteiger partial charge in [0.05, 0.1) is 7.11 Å². The van der Waals surface area contributed by atoms with Gasteiger partial charge >= 0.3 is 5.97 Å². The van der Waals surface area contributed by atoms with Crippen LogP contribution < -0.4 is 4.74 Å². The molecule has 1 saturated carbocycles. The van der Waals surface area contributed by atoms with Gasteiger partial charge in [0.1, 0.15) is 17.0 Å². The van der Waals surface area contributed by atoms with Gasteiger partial charge in [-0.25, -0.2) is 13.4 Å². The number of aliphatic hydroxyl groups excluding tert-OH is 1. The van der Waals surface area contributed by atoms with Crippen molar-refractivity contribution in [3.8, 4) is 5.88 Å². The van der Waals surface area contributed by atoms with E-state index in [2.05, 4.69) is 4.98 Å². The molecule has 3 rings (SSSR count). The standard InChI is InChI=1S/C19H28N2O6S/c1-13-5-8-17(18(20-13)27-15-7-6-14(12-15)9-11-22)28(24,25)21-10-3-4-16(21)19(23)26-2/h5,8,14-16,22H,3-4,6-7,9-12H2,1-2H3/t14-,15-,16+/m1/s1. The number of aryl methyl sites for hydroxylation is 1. The van der Waals surface area contributed by atoms with Gasteiger partial charge in [-0.2, -0.15) is 4.31 Å². The van der Waals surface area contributed by atoms with Crippen LogP contribution in [0.25, 0.3) is 0 Å². The number of pyridine rings is 1. The Hall–Kier alpha value is -1.71. The van der Waals surface area contributed by atoms with E-state index in [4.69, 9.17) is 14.6 Å². The Morgan fingerprint density at radius 1 is 1.32 bits per heavy atom. The average molecular weight is 413 g/mol. The Labute approximate surface area is 165 Å². The average Bonchev–Trinajstić information content (AvgIpc) is 3.31. The maximum Gasteiger partial charge on any atom is 0.324 e. The van der Waals surface area contributed by atoms with Gasteiger partial charge in [-0.1, -0.05) is 0 Å². The highest BCUT2D eigenvalue weighted by molar-refractivity contribution is 7.89. The van der Waals surface area contributed by atoms with Crippen LogP contribution in [-0.4, -0.2) is 61.2 Å². The van der Waals surface area contributed by atoms with Crippen molar-refractivity contribution in [1.29, 1.82) is 0 Å². The third-order valence-electron chi connectivity index (χ3n) is 5.54. The molecule has 0 radical (unpaired) electrons. The number of ether oxygens (including phenoxy) is 2. The summed E-state index contributed by atoms with van der Waals surface area (Å²) < 4.78 is 38.6. The molecule has 1 aliphatic heterocycles. The smallest absolute Gasteiger partial charge is 0.324 e. The number of aliphatic hydroxyl groups is 1. The van der Waals surface area contributed by atoms with Crippen molar-refractivity contribution >= 4 is 16.0 Å². The van der Waals surface area contributed by atoms with Gasteiger partial charge in [0.2, 0.25) is 15.9 Å². The highest BCUT2D eigenvalue weighted by Gasteiger charge is 2.42. The van der Waals surface area contributed by atoms with E-state index in [9.17, 15) is 13.2 Å². The lowest BCUT2D eigenvalue weighted by Gasteiger charge is -2.24. The molecule has 1 aromatic rings. The monoisotopic (exact) mass is 412 g/mol. The van der Waals surface area contributed by atoms with Gasteiger partial charge in [-0.3, -0.25) is 4.79 Å². The van der Waals surface area contributed by atoms with E-state index in [1.807, 2.05) is 0 Å². The molecule has 1 saturated heterocycles. The Bertz CT molecular complexity index is 813. The molecule has 0 aromatic carbocycles. The number of rotatable bonds is 7. The van der Waals surface area contributed by atoms with Gasteiger partial charge in [0.15, 0.2) is 0 Å². The second-order valence-corrected chi connectivity index (χ2v) is 9.34. The summed E-state index contributed by atoms with van der Waals surface area (Å²) in [4.78, 5) is 16.3. The molecular weight excluding hydrogens is 384 g/mol. The number of hydrogen-bond acceptors (Lipinski definition) is 7. The summed E-state index contributed by atoms with van der Waals surface area (Å²) in [7, 11) is -2.69. The number of carbonyl (C=O) groups is 1. The number of carbonyl (C=O) groups excluding carboxylic acids is 1. The van der Waals surface area contributed by atoms with E-state index >= 15 is 0 Å². The second-order valence-electron chi connectivity index (χ2n) is 7.48. The zero-order valence-corrected chi connectivity index (χ0v) is 17.2. The van der Waals surface area contributed by atoms with Crippen molar-refractivity contribution < 1.29 is 27.8 Å². The molecule has 0 amide bonds. The van der Waals surface area contributed by atoms with Crippen LogP contribution in [-0.2, 0) is 19.6 Å². The first kappa shape index (κ1) is 21.0. The number of aromatic nitrogens is 1. The van der Waals surface area contributed by atoms with Gasteiger partial charge in [0, 0.05) is 18.8 Å². The molecule has 3 atom stereocenters. The zero-order valence-electron chi connectivity index (χ0n) is 16.3. The lowest BCUT2D eigenvalue weighted by Crippen LogP contribution is -2.41. The Morgan fingerprint density at radius 3 is 2.82 bits per heavy atom. The molecule has 0 unspecified atom stereocenters. The van der Waals surface area contributed by atoms with E-state index in [-0.39, 0.29) is 30.0 Å². The SMILES string of the molecule is COC(=O)[C@@H]1CCCN1S(=O)(=O)c1ccc(C)nc1O[C@@H]1CC[C@H](CCO)C1. The minimum absolute atomic E-state index is 0.0143. The topological polar surface area (TPSA) is 106 Å². The van der Waals surface area contributed by atoms with E-state index in [0.29, 0.717) is 24.5 Å². The van der Waals surface area contributed by atoms with Crippen LogP contribution in [0.2, 0.25) is 0 Å². The highest BCUT2D eigenvalue weighted by atomic mass is 32.2. The van der Waals surface area contributed by atoms with E-state index in [0.717, 1.165) is 25.7 Å². The van der Waals surface area contributed by atoms with Crippen LogP contribution in [0.4, 0.5) is 0 Å². The third kappa shape index (κ3) is 4.31. The Balaban J connectivity index is 1.86. The molecule has 1 aliphatic carbocycles. The van der Waals surface area contributed by atoms with E-state index < -0.39 is 22.0 Å². The molecular formula is C19H28N2O6S. The van der Waals surface area contributed by atoms with Gasteiger partial charge in [-0.15, -0.1) is 0 Å². The Morgan fingerprint density at radius 2 is 2.11 bits per heavy atom. The molecule has 0 bridgehead atoms. The fraction of sp³-hybridized carbons (Fsp3) is 0.684. The number of esters is 1. The Kier molecular flexibility index (Phi) is 6.57. The first-order valence-electron chi connectivity index (χ1n) is 9.71. The van der Waals surface area contributed by atoms with Crippen LogP contribution in [0.1, 0.15) is 44.2 Å². The summed E-state index contributed by atoms with van der Waals surface area (Å²) in [5.74, 6) is -0.0847. The molecule has 2 fully saturated rings. The van der Waals surface area contributed by atoms with Crippen LogP contribution in [0.15, 0.2) is 17.0 Å². The minimum Gasteiger partial charge on any atom is -0.473 e. The lowest BCUT2D eigenvalue weighted by molar-refractivity contribution is -0.144. The van der Waals surface area contributed by atoms with Crippen molar-refractivity contribution in [2.24, 2.45) is 5.92 Å². The van der Waals surface area contributed by atoms with Gasteiger partial charge in [0.25, 0.3) is 0 Å². The molecule has 9 heteroatoms. The fourth-order valence-corrected chi connectivity index (χ4v) is 5.77. The van der Waals surface area contributed by atoms with E-state index in [1.54, 1.807) is 13.0 Å². The number of sulfonamides is 1. The summed E-state index contributed by atoms with van der Waals surface area (Å²) in [6.07, 6.45) is 4.14. The van der Waals surface area contributed by atoms with Crippen LogP contribution >= 0.6 is 0 Å². The molecule has 0 spiro atoms. The lowest BCUT2D eigenvalue weighted by atomic mass is 10.1. The normalized spacial score (nSPS) is 25.8. The molecule has 156 valence electrons. The predicted octanol–water partition coefficient (Wildman–Crippen LogP) is 1.65. The van der Waals surface area contributed by atoms with Crippen molar-refractivity contribution in [2.45, 2.75) is 62.5 Å². The largest absolute Gasteiger partial charge is 0.473 e. The van der Waals surface area contributed by atoms with Crippen molar-refractivity contribution in [3.63, 3.8) is 0 Å².